The Morgan fingerprint density at radius 2 is 2.42 bits per heavy atom. The molecule has 0 spiro atoms. The van der Waals surface area contributed by atoms with Crippen molar-refractivity contribution in [1.82, 2.24) is 0 Å². The highest BCUT2D eigenvalue weighted by Crippen LogP contribution is 2.43. The van der Waals surface area contributed by atoms with Crippen molar-refractivity contribution in [3.05, 3.63) is 0 Å². The predicted octanol–water partition coefficient (Wildman–Crippen LogP) is 2.22. The normalized spacial score (nSPS) is 39.5. The topological polar surface area (TPSA) is 29.4 Å². The van der Waals surface area contributed by atoms with Crippen LogP contribution in [-0.4, -0.2) is 21.0 Å². The molecule has 0 saturated heterocycles. The van der Waals surface area contributed by atoms with Crippen molar-refractivity contribution in [3.63, 3.8) is 0 Å². The second-order valence-electron chi connectivity index (χ2n) is 3.32. The summed E-state index contributed by atoms with van der Waals surface area (Å²) < 4.78 is 0.975. The van der Waals surface area contributed by atoms with E-state index in [-0.39, 0.29) is 12.0 Å². The summed E-state index contributed by atoms with van der Waals surface area (Å²) in [6.07, 6.45) is 2.17. The van der Waals surface area contributed by atoms with Crippen LogP contribution in [0.25, 0.3) is 0 Å². The minimum absolute atomic E-state index is 0.192. The third-order valence-electron chi connectivity index (χ3n) is 2.58. The standard InChI is InChI=1S/C8H10BrNOS/c1-4(11)5-2-3-6-7(5)10-8(9)12-6/h5-7H,2-3H2,1H3. The molecule has 0 aromatic carbocycles. The molecule has 1 aliphatic heterocycles. The van der Waals surface area contributed by atoms with E-state index >= 15 is 0 Å². The van der Waals surface area contributed by atoms with Gasteiger partial charge in [-0.05, 0) is 35.7 Å². The first-order valence-corrected chi connectivity index (χ1v) is 5.76. The molecule has 0 bridgehead atoms. The molecule has 12 heavy (non-hydrogen) atoms. The van der Waals surface area contributed by atoms with Crippen LogP contribution in [0.4, 0.5) is 0 Å². The highest BCUT2D eigenvalue weighted by Gasteiger charge is 2.42. The molecule has 1 fully saturated rings. The van der Waals surface area contributed by atoms with Gasteiger partial charge in [0.05, 0.1) is 6.04 Å². The quantitative estimate of drug-likeness (QED) is 0.712. The van der Waals surface area contributed by atoms with Gasteiger partial charge in [-0.1, -0.05) is 11.8 Å². The summed E-state index contributed by atoms with van der Waals surface area (Å²) in [7, 11) is 0. The molecule has 2 nitrogen and oxygen atoms in total. The average Bonchev–Trinajstić information content (AvgIpc) is 2.43. The van der Waals surface area contributed by atoms with Crippen molar-refractivity contribution < 1.29 is 4.79 Å². The zero-order chi connectivity index (χ0) is 8.72. The lowest BCUT2D eigenvalue weighted by molar-refractivity contribution is -0.120. The Labute approximate surface area is 84.3 Å². The van der Waals surface area contributed by atoms with Crippen LogP contribution in [0.5, 0.6) is 0 Å². The van der Waals surface area contributed by atoms with Crippen LogP contribution in [0.3, 0.4) is 0 Å². The Morgan fingerprint density at radius 3 is 3.08 bits per heavy atom. The summed E-state index contributed by atoms with van der Waals surface area (Å²) in [6.45, 7) is 1.68. The number of ketones is 1. The number of carbonyl (C=O) groups is 1. The lowest BCUT2D eigenvalue weighted by Crippen LogP contribution is -2.22. The molecular formula is C8H10BrNOS. The van der Waals surface area contributed by atoms with Crippen molar-refractivity contribution in [1.29, 1.82) is 0 Å². The second kappa shape index (κ2) is 3.14. The molecular weight excluding hydrogens is 238 g/mol. The summed E-state index contributed by atoms with van der Waals surface area (Å²) in [4.78, 5) is 15.6. The van der Waals surface area contributed by atoms with E-state index in [0.717, 1.165) is 16.8 Å². The highest BCUT2D eigenvalue weighted by atomic mass is 79.9. The van der Waals surface area contributed by atoms with Crippen molar-refractivity contribution in [2.45, 2.75) is 31.1 Å². The minimum Gasteiger partial charge on any atom is -0.300 e. The zero-order valence-electron chi connectivity index (χ0n) is 6.79. The van der Waals surface area contributed by atoms with E-state index in [1.54, 1.807) is 18.7 Å². The lowest BCUT2D eigenvalue weighted by Gasteiger charge is -2.11. The summed E-state index contributed by atoms with van der Waals surface area (Å²) in [5.41, 5.74) is 0. The van der Waals surface area contributed by atoms with E-state index in [0.29, 0.717) is 11.0 Å². The molecule has 1 aliphatic carbocycles. The Kier molecular flexibility index (Phi) is 2.29. The number of carbonyl (C=O) groups excluding carboxylic acids is 1. The number of Topliss-reactive ketones (excluding diaryl/α,β-unsaturated/α-hetero) is 1. The molecule has 0 amide bonds. The highest BCUT2D eigenvalue weighted by molar-refractivity contribution is 9.22. The van der Waals surface area contributed by atoms with Crippen LogP contribution in [0.2, 0.25) is 0 Å². The number of rotatable bonds is 1. The number of nitrogens with zero attached hydrogens (tertiary/aromatic N) is 1. The van der Waals surface area contributed by atoms with Gasteiger partial charge < -0.3 is 0 Å². The molecule has 3 atom stereocenters. The van der Waals surface area contributed by atoms with Crippen molar-refractivity contribution >= 4 is 37.4 Å². The monoisotopic (exact) mass is 247 g/mol. The molecule has 0 radical (unpaired) electrons. The van der Waals surface area contributed by atoms with Gasteiger partial charge in [0.1, 0.15) is 9.74 Å². The summed E-state index contributed by atoms with van der Waals surface area (Å²) in [5.74, 6) is 0.492. The number of hydrogen-bond donors (Lipinski definition) is 0. The Bertz CT molecular complexity index is 253. The number of aliphatic imine (C=N–C) groups is 1. The summed E-state index contributed by atoms with van der Waals surface area (Å²) >= 11 is 5.14. The average molecular weight is 248 g/mol. The smallest absolute Gasteiger partial charge is 0.135 e. The minimum atomic E-state index is 0.192. The molecule has 2 aliphatic rings. The molecule has 4 heteroatoms. The van der Waals surface area contributed by atoms with Crippen LogP contribution >= 0.6 is 27.7 Å². The van der Waals surface area contributed by atoms with Crippen LogP contribution in [0.15, 0.2) is 4.99 Å². The van der Waals surface area contributed by atoms with Gasteiger partial charge >= 0.3 is 0 Å². The van der Waals surface area contributed by atoms with E-state index in [4.69, 9.17) is 0 Å². The molecule has 3 unspecified atom stereocenters. The van der Waals surface area contributed by atoms with Gasteiger partial charge in [0.2, 0.25) is 0 Å². The molecule has 1 heterocycles. The molecule has 0 N–H and O–H groups in total. The third-order valence-corrected chi connectivity index (χ3v) is 4.46. The maximum atomic E-state index is 11.2. The second-order valence-corrected chi connectivity index (χ2v) is 5.83. The van der Waals surface area contributed by atoms with Crippen molar-refractivity contribution in [3.8, 4) is 0 Å². The van der Waals surface area contributed by atoms with Crippen LogP contribution in [0.1, 0.15) is 19.8 Å². The molecule has 0 aromatic rings. The molecule has 2 rings (SSSR count). The maximum Gasteiger partial charge on any atom is 0.135 e. The van der Waals surface area contributed by atoms with Gasteiger partial charge in [0.25, 0.3) is 0 Å². The number of halogens is 1. The fourth-order valence-electron chi connectivity index (χ4n) is 1.96. The first-order chi connectivity index (χ1) is 5.68. The Balaban J connectivity index is 2.17. The van der Waals surface area contributed by atoms with E-state index in [1.165, 1.54) is 0 Å². The fourth-order valence-corrected chi connectivity index (χ4v) is 4.00. The van der Waals surface area contributed by atoms with Gasteiger partial charge in [-0.2, -0.15) is 0 Å². The molecule has 1 saturated carbocycles. The summed E-state index contributed by atoms with van der Waals surface area (Å²) in [6, 6.07) is 0.266. The van der Waals surface area contributed by atoms with Crippen molar-refractivity contribution in [2.24, 2.45) is 10.9 Å². The first-order valence-electron chi connectivity index (χ1n) is 4.09. The van der Waals surface area contributed by atoms with E-state index in [9.17, 15) is 4.79 Å². The SMILES string of the molecule is CC(=O)C1CCC2SC(Br)=NC21. The van der Waals surface area contributed by atoms with E-state index in [2.05, 4.69) is 20.9 Å². The number of fused-ring (bicyclic) bond motifs is 1. The predicted molar refractivity (Wildman–Crippen MR) is 54.9 cm³/mol. The van der Waals surface area contributed by atoms with Gasteiger partial charge in [-0.3, -0.25) is 9.79 Å². The third kappa shape index (κ3) is 1.35. The van der Waals surface area contributed by atoms with Crippen LogP contribution in [-0.2, 0) is 4.79 Å². The molecule has 0 aromatic heterocycles. The van der Waals surface area contributed by atoms with Crippen molar-refractivity contribution in [2.75, 3.05) is 0 Å². The molecule has 66 valence electrons. The number of hydrogen-bond acceptors (Lipinski definition) is 3. The summed E-state index contributed by atoms with van der Waals surface area (Å²) in [5, 5.41) is 0.563. The van der Waals surface area contributed by atoms with Crippen LogP contribution in [0, 0.1) is 5.92 Å². The van der Waals surface area contributed by atoms with Gasteiger partial charge in [-0.25, -0.2) is 0 Å². The zero-order valence-corrected chi connectivity index (χ0v) is 9.19. The fraction of sp³-hybridized carbons (Fsp3) is 0.750. The first kappa shape index (κ1) is 8.75. The Morgan fingerprint density at radius 1 is 1.67 bits per heavy atom. The Hall–Kier alpha value is 0.170. The maximum absolute atomic E-state index is 11.2. The van der Waals surface area contributed by atoms with Gasteiger partial charge in [-0.15, -0.1) is 0 Å². The lowest BCUT2D eigenvalue weighted by atomic mass is 10.0. The van der Waals surface area contributed by atoms with Crippen LogP contribution < -0.4 is 0 Å². The van der Waals surface area contributed by atoms with Gasteiger partial charge in [0, 0.05) is 11.2 Å². The van der Waals surface area contributed by atoms with E-state index in [1.807, 2.05) is 0 Å². The van der Waals surface area contributed by atoms with Gasteiger partial charge in [0.15, 0.2) is 0 Å². The van der Waals surface area contributed by atoms with E-state index < -0.39 is 0 Å². The largest absolute Gasteiger partial charge is 0.300 e. The number of thioether (sulfide) groups is 1.